The van der Waals surface area contributed by atoms with Gasteiger partial charge in [0.1, 0.15) is 42.6 Å². The van der Waals surface area contributed by atoms with Crippen LogP contribution in [-0.4, -0.2) is 97.6 Å². The third-order valence-electron chi connectivity index (χ3n) is 5.44. The lowest BCUT2D eigenvalue weighted by molar-refractivity contribution is -0.901. The van der Waals surface area contributed by atoms with Gasteiger partial charge in [-0.15, -0.1) is 0 Å². The lowest BCUT2D eigenvalue weighted by Crippen LogP contribution is -3.13. The molecule has 224 valence electrons. The molecule has 0 amide bonds. The second-order valence-corrected chi connectivity index (χ2v) is 9.71. The van der Waals surface area contributed by atoms with E-state index in [1.807, 2.05) is 0 Å². The molecule has 0 bridgehead atoms. The highest BCUT2D eigenvalue weighted by Gasteiger charge is 2.14. The zero-order valence-corrected chi connectivity index (χ0v) is 23.8. The van der Waals surface area contributed by atoms with Crippen LogP contribution >= 0.6 is 0 Å². The SMILES string of the molecule is COc1cc(OC)c(/C=C/S(=O)(=O)Nc2ccc(OC)c(CC(=O)[O-])c2)c(OC)c1.OCC[NH+](CCO)CCO. The van der Waals surface area contributed by atoms with Crippen molar-refractivity contribution < 1.29 is 57.5 Å². The Balaban J connectivity index is 0.000000680. The van der Waals surface area contributed by atoms with Crippen LogP contribution in [0, 0.1) is 0 Å². The highest BCUT2D eigenvalue weighted by atomic mass is 32.2. The molecule has 14 heteroatoms. The largest absolute Gasteiger partial charge is 0.550 e. The zero-order chi connectivity index (χ0) is 30.1. The van der Waals surface area contributed by atoms with Gasteiger partial charge in [0.25, 0.3) is 10.0 Å². The standard InChI is InChI=1S/C20H23NO8S.C6H15NO3/c1-26-15-11-18(28-3)16(19(12-15)29-4)7-8-30(24,25)21-14-5-6-17(27-2)13(9-14)10-20(22)23;8-4-1-7(2-5-9)3-6-10/h5-9,11-12,21H,10H2,1-4H3,(H,22,23);8-10H,1-6H2/b8-7+;. The van der Waals surface area contributed by atoms with E-state index in [0.29, 0.717) is 48.2 Å². The van der Waals surface area contributed by atoms with E-state index >= 15 is 0 Å². The first-order valence-corrected chi connectivity index (χ1v) is 13.7. The van der Waals surface area contributed by atoms with Crippen molar-refractivity contribution >= 4 is 27.8 Å². The molecule has 40 heavy (non-hydrogen) atoms. The Bertz CT molecular complexity index is 1160. The van der Waals surface area contributed by atoms with Crippen molar-refractivity contribution in [2.75, 3.05) is 72.6 Å². The number of benzene rings is 2. The predicted octanol–water partition coefficient (Wildman–Crippen LogP) is -1.73. The number of methoxy groups -OCH3 is 4. The Hall–Kier alpha value is -3.56. The van der Waals surface area contributed by atoms with E-state index in [9.17, 15) is 18.3 Å². The number of hydrogen-bond acceptors (Lipinski definition) is 11. The highest BCUT2D eigenvalue weighted by Crippen LogP contribution is 2.35. The van der Waals surface area contributed by atoms with Gasteiger partial charge in [-0.25, -0.2) is 8.42 Å². The summed E-state index contributed by atoms with van der Waals surface area (Å²) in [6, 6.07) is 7.48. The maximum absolute atomic E-state index is 12.5. The Kier molecular flexibility index (Phi) is 15.4. The minimum Gasteiger partial charge on any atom is -0.550 e. The Morgan fingerprint density at radius 3 is 1.82 bits per heavy atom. The molecule has 0 aliphatic rings. The molecular formula is C26H38N2O11S. The number of aliphatic hydroxyl groups excluding tert-OH is 3. The van der Waals surface area contributed by atoms with Crippen molar-refractivity contribution in [1.82, 2.24) is 0 Å². The van der Waals surface area contributed by atoms with Crippen molar-refractivity contribution in [3.8, 4) is 23.0 Å². The van der Waals surface area contributed by atoms with Gasteiger partial charge >= 0.3 is 0 Å². The Morgan fingerprint density at radius 2 is 1.40 bits per heavy atom. The number of anilines is 1. The molecule has 0 spiro atoms. The van der Waals surface area contributed by atoms with Gasteiger partial charge in [-0.05, 0) is 24.3 Å². The highest BCUT2D eigenvalue weighted by molar-refractivity contribution is 7.95. The summed E-state index contributed by atoms with van der Waals surface area (Å²) < 4.78 is 48.2. The average molecular weight is 587 g/mol. The second kappa shape index (κ2) is 17.9. The maximum atomic E-state index is 12.5. The van der Waals surface area contributed by atoms with Crippen LogP contribution in [0.25, 0.3) is 6.08 Å². The number of rotatable bonds is 16. The smallest absolute Gasteiger partial charge is 0.255 e. The first kappa shape index (κ1) is 34.5. The number of aliphatic hydroxyl groups is 3. The van der Waals surface area contributed by atoms with Crippen molar-refractivity contribution in [2.24, 2.45) is 0 Å². The first-order valence-electron chi connectivity index (χ1n) is 12.1. The molecule has 2 aromatic carbocycles. The molecule has 0 unspecified atom stereocenters. The molecule has 5 N–H and O–H groups in total. The van der Waals surface area contributed by atoms with E-state index in [2.05, 4.69) is 4.72 Å². The summed E-state index contributed by atoms with van der Waals surface area (Å²) in [4.78, 5) is 11.9. The van der Waals surface area contributed by atoms with E-state index in [0.717, 1.165) is 10.3 Å². The monoisotopic (exact) mass is 586 g/mol. The summed E-state index contributed by atoms with van der Waals surface area (Å²) in [5.41, 5.74) is 0.851. The molecular weight excluding hydrogens is 548 g/mol. The number of nitrogens with one attached hydrogen (secondary N) is 2. The van der Waals surface area contributed by atoms with Crippen molar-refractivity contribution in [2.45, 2.75) is 6.42 Å². The molecule has 2 aromatic rings. The summed E-state index contributed by atoms with van der Waals surface area (Å²) in [7, 11) is 1.81. The van der Waals surface area contributed by atoms with E-state index in [1.54, 1.807) is 12.1 Å². The molecule has 0 atom stereocenters. The van der Waals surface area contributed by atoms with Crippen LogP contribution in [0.5, 0.6) is 23.0 Å². The number of ether oxygens (including phenoxy) is 4. The van der Waals surface area contributed by atoms with E-state index in [-0.39, 0.29) is 31.1 Å². The summed E-state index contributed by atoms with van der Waals surface area (Å²) in [6.07, 6.45) is 0.903. The fourth-order valence-corrected chi connectivity index (χ4v) is 4.38. The van der Waals surface area contributed by atoms with E-state index in [1.165, 1.54) is 52.7 Å². The molecule has 0 fully saturated rings. The van der Waals surface area contributed by atoms with Gasteiger partial charge in [-0.3, -0.25) is 4.72 Å². The van der Waals surface area contributed by atoms with Crippen LogP contribution in [0.3, 0.4) is 0 Å². The van der Waals surface area contributed by atoms with Crippen molar-refractivity contribution in [1.29, 1.82) is 0 Å². The van der Waals surface area contributed by atoms with Crippen molar-refractivity contribution in [3.63, 3.8) is 0 Å². The molecule has 0 radical (unpaired) electrons. The van der Waals surface area contributed by atoms with Crippen LogP contribution in [0.2, 0.25) is 0 Å². The Labute approximate surface area is 234 Å². The Morgan fingerprint density at radius 1 is 0.875 bits per heavy atom. The molecule has 0 aliphatic carbocycles. The second-order valence-electron chi connectivity index (χ2n) is 8.14. The number of hydrogen-bond donors (Lipinski definition) is 5. The van der Waals surface area contributed by atoms with Gasteiger partial charge in [0.2, 0.25) is 0 Å². The number of carboxylic acid groups (broad SMARTS) is 1. The number of carbonyl (C=O) groups is 1. The van der Waals surface area contributed by atoms with Gasteiger partial charge in [0.05, 0.1) is 59.2 Å². The third kappa shape index (κ3) is 11.7. The maximum Gasteiger partial charge on any atom is 0.255 e. The van der Waals surface area contributed by atoms with Gasteiger partial charge in [-0.1, -0.05) is 0 Å². The molecule has 0 saturated carbocycles. The lowest BCUT2D eigenvalue weighted by Gasteiger charge is -2.15. The molecule has 2 rings (SSSR count). The quantitative estimate of drug-likeness (QED) is 0.150. The normalized spacial score (nSPS) is 11.1. The van der Waals surface area contributed by atoms with Gasteiger partial charge in [-0.2, -0.15) is 0 Å². The van der Waals surface area contributed by atoms with E-state index in [4.69, 9.17) is 34.3 Å². The number of carbonyl (C=O) groups excluding carboxylic acids is 1. The number of quaternary nitrogens is 1. The molecule has 0 saturated heterocycles. The van der Waals surface area contributed by atoms with Gasteiger partial charge in [0.15, 0.2) is 0 Å². The fraction of sp³-hybridized carbons (Fsp3) is 0.423. The van der Waals surface area contributed by atoms with Crippen LogP contribution in [0.1, 0.15) is 11.1 Å². The zero-order valence-electron chi connectivity index (χ0n) is 23.0. The minimum atomic E-state index is -3.94. The molecule has 0 aliphatic heterocycles. The minimum absolute atomic E-state index is 0.106. The number of carboxylic acids is 1. The summed E-state index contributed by atoms with van der Waals surface area (Å²) in [6.45, 7) is 2.11. The summed E-state index contributed by atoms with van der Waals surface area (Å²) >= 11 is 0. The van der Waals surface area contributed by atoms with Gasteiger partial charge < -0.3 is 49.1 Å². The number of sulfonamides is 1. The van der Waals surface area contributed by atoms with Crippen LogP contribution in [-0.2, 0) is 21.2 Å². The fourth-order valence-electron chi connectivity index (χ4n) is 3.54. The molecule has 13 nitrogen and oxygen atoms in total. The topological polar surface area (TPSA) is 188 Å². The summed E-state index contributed by atoms with van der Waals surface area (Å²) in [5.74, 6) is 0.203. The molecule has 0 heterocycles. The molecule has 0 aromatic heterocycles. The number of aliphatic carboxylic acids is 1. The average Bonchev–Trinajstić information content (AvgIpc) is 2.92. The van der Waals surface area contributed by atoms with E-state index < -0.39 is 22.4 Å². The van der Waals surface area contributed by atoms with Crippen LogP contribution < -0.4 is 33.7 Å². The lowest BCUT2D eigenvalue weighted by atomic mass is 10.1. The van der Waals surface area contributed by atoms with Gasteiger partial charge in [0, 0.05) is 35.8 Å². The predicted molar refractivity (Wildman–Crippen MR) is 146 cm³/mol. The van der Waals surface area contributed by atoms with Crippen LogP contribution in [0.15, 0.2) is 35.7 Å². The van der Waals surface area contributed by atoms with Crippen LogP contribution in [0.4, 0.5) is 5.69 Å². The van der Waals surface area contributed by atoms with Crippen molar-refractivity contribution in [3.05, 3.63) is 46.9 Å². The summed E-state index contributed by atoms with van der Waals surface area (Å²) in [5, 5.41) is 37.4. The first-order chi connectivity index (χ1) is 19.1. The third-order valence-corrected chi connectivity index (χ3v) is 6.45.